The van der Waals surface area contributed by atoms with E-state index in [4.69, 9.17) is 4.74 Å². The van der Waals surface area contributed by atoms with E-state index in [1.54, 1.807) is 0 Å². The number of ether oxygens (including phenoxy) is 1. The van der Waals surface area contributed by atoms with Crippen molar-refractivity contribution in [1.82, 2.24) is 14.9 Å². The summed E-state index contributed by atoms with van der Waals surface area (Å²) >= 11 is 0. The Morgan fingerprint density at radius 1 is 1.41 bits per heavy atom. The zero-order valence-electron chi connectivity index (χ0n) is 13.2. The number of benzene rings is 1. The van der Waals surface area contributed by atoms with Crippen LogP contribution in [-0.4, -0.2) is 45.8 Å². The van der Waals surface area contributed by atoms with Gasteiger partial charge in [-0.25, -0.2) is 4.98 Å². The molecule has 0 saturated carbocycles. The standard InChI is InChI=1S/C17H25N3O2/c1-2-22-14-6-7-15-16(11-14)19-17(18-15)12-20-9-4-3-5-13(20)8-10-21/h6-7,11,13,21H,2-5,8-10,12H2,1H3,(H,18,19). The first-order valence-electron chi connectivity index (χ1n) is 8.26. The molecule has 1 aromatic carbocycles. The molecule has 1 aliphatic heterocycles. The summed E-state index contributed by atoms with van der Waals surface area (Å²) in [4.78, 5) is 10.5. The number of aliphatic hydroxyl groups excluding tert-OH is 1. The first-order chi connectivity index (χ1) is 10.8. The van der Waals surface area contributed by atoms with Crippen molar-refractivity contribution >= 4 is 11.0 Å². The fourth-order valence-corrected chi connectivity index (χ4v) is 3.31. The Morgan fingerprint density at radius 3 is 3.14 bits per heavy atom. The second-order valence-corrected chi connectivity index (χ2v) is 5.93. The number of hydrogen-bond acceptors (Lipinski definition) is 4. The third-order valence-electron chi connectivity index (χ3n) is 4.38. The van der Waals surface area contributed by atoms with E-state index in [0.717, 1.165) is 42.1 Å². The Labute approximate surface area is 131 Å². The largest absolute Gasteiger partial charge is 0.494 e. The molecule has 3 rings (SSSR count). The van der Waals surface area contributed by atoms with Gasteiger partial charge in [0.2, 0.25) is 0 Å². The van der Waals surface area contributed by atoms with Crippen molar-refractivity contribution in [3.63, 3.8) is 0 Å². The van der Waals surface area contributed by atoms with Crippen LogP contribution in [0.1, 0.15) is 38.4 Å². The minimum atomic E-state index is 0.263. The fraction of sp³-hybridized carbons (Fsp3) is 0.588. The Hall–Kier alpha value is -1.59. The molecule has 2 aromatic rings. The van der Waals surface area contributed by atoms with Crippen LogP contribution in [0.25, 0.3) is 11.0 Å². The summed E-state index contributed by atoms with van der Waals surface area (Å²) in [6, 6.07) is 6.45. The van der Waals surface area contributed by atoms with Gasteiger partial charge in [-0.05, 0) is 44.9 Å². The lowest BCUT2D eigenvalue weighted by atomic mass is 10.00. The zero-order chi connectivity index (χ0) is 15.4. The van der Waals surface area contributed by atoms with E-state index in [1.165, 1.54) is 19.3 Å². The summed E-state index contributed by atoms with van der Waals surface area (Å²) in [5, 5.41) is 9.23. The lowest BCUT2D eigenvalue weighted by Gasteiger charge is -2.34. The van der Waals surface area contributed by atoms with Gasteiger partial charge in [-0.15, -0.1) is 0 Å². The highest BCUT2D eigenvalue weighted by molar-refractivity contribution is 5.76. The molecule has 120 valence electrons. The number of fused-ring (bicyclic) bond motifs is 1. The Morgan fingerprint density at radius 2 is 2.32 bits per heavy atom. The van der Waals surface area contributed by atoms with Gasteiger partial charge >= 0.3 is 0 Å². The number of aliphatic hydroxyl groups is 1. The summed E-state index contributed by atoms with van der Waals surface area (Å²) in [6.45, 7) is 4.83. The lowest BCUT2D eigenvalue weighted by molar-refractivity contribution is 0.110. The first kappa shape index (κ1) is 15.3. The molecule has 0 spiro atoms. The molecular formula is C17H25N3O2. The predicted molar refractivity (Wildman–Crippen MR) is 87.0 cm³/mol. The molecule has 1 saturated heterocycles. The SMILES string of the molecule is CCOc1ccc2nc(CN3CCCCC3CCO)[nH]c2c1. The van der Waals surface area contributed by atoms with Crippen LogP contribution in [0.4, 0.5) is 0 Å². The number of piperidine rings is 1. The first-order valence-corrected chi connectivity index (χ1v) is 8.26. The van der Waals surface area contributed by atoms with Crippen LogP contribution in [-0.2, 0) is 6.54 Å². The monoisotopic (exact) mass is 303 g/mol. The molecular weight excluding hydrogens is 278 g/mol. The molecule has 0 radical (unpaired) electrons. The molecule has 0 amide bonds. The van der Waals surface area contributed by atoms with Crippen LogP contribution in [0.5, 0.6) is 5.75 Å². The lowest BCUT2D eigenvalue weighted by Crippen LogP contribution is -2.39. The molecule has 1 unspecified atom stereocenters. The van der Waals surface area contributed by atoms with Crippen LogP contribution >= 0.6 is 0 Å². The van der Waals surface area contributed by atoms with E-state index in [1.807, 2.05) is 25.1 Å². The van der Waals surface area contributed by atoms with E-state index in [-0.39, 0.29) is 6.61 Å². The average Bonchev–Trinajstić information content (AvgIpc) is 2.91. The molecule has 22 heavy (non-hydrogen) atoms. The molecule has 1 fully saturated rings. The van der Waals surface area contributed by atoms with Crippen LogP contribution in [0.2, 0.25) is 0 Å². The fourth-order valence-electron chi connectivity index (χ4n) is 3.31. The van der Waals surface area contributed by atoms with Crippen LogP contribution in [0.3, 0.4) is 0 Å². The van der Waals surface area contributed by atoms with Crippen molar-refractivity contribution in [3.8, 4) is 5.75 Å². The van der Waals surface area contributed by atoms with E-state index in [2.05, 4.69) is 14.9 Å². The second kappa shape index (κ2) is 7.11. The minimum absolute atomic E-state index is 0.263. The summed E-state index contributed by atoms with van der Waals surface area (Å²) in [7, 11) is 0. The van der Waals surface area contributed by atoms with Gasteiger partial charge in [0.15, 0.2) is 0 Å². The minimum Gasteiger partial charge on any atom is -0.494 e. The summed E-state index contributed by atoms with van der Waals surface area (Å²) in [5.74, 6) is 1.87. The Bertz CT molecular complexity index is 609. The maximum Gasteiger partial charge on any atom is 0.121 e. The van der Waals surface area contributed by atoms with Crippen molar-refractivity contribution in [2.45, 2.75) is 45.2 Å². The summed E-state index contributed by atoms with van der Waals surface area (Å²) in [6.07, 6.45) is 4.53. The molecule has 1 aliphatic rings. The number of nitrogens with one attached hydrogen (secondary N) is 1. The van der Waals surface area contributed by atoms with E-state index >= 15 is 0 Å². The summed E-state index contributed by atoms with van der Waals surface area (Å²) in [5.41, 5.74) is 2.01. The molecule has 5 nitrogen and oxygen atoms in total. The molecule has 2 heterocycles. The molecule has 0 aliphatic carbocycles. The molecule has 1 atom stereocenters. The number of likely N-dealkylation sites (tertiary alicyclic amines) is 1. The van der Waals surface area contributed by atoms with Gasteiger partial charge in [0.25, 0.3) is 0 Å². The highest BCUT2D eigenvalue weighted by Gasteiger charge is 2.22. The van der Waals surface area contributed by atoms with E-state index in [9.17, 15) is 5.11 Å². The molecule has 2 N–H and O–H groups in total. The van der Waals surface area contributed by atoms with Gasteiger partial charge in [0.05, 0.1) is 24.2 Å². The predicted octanol–water partition coefficient (Wildman–Crippen LogP) is 2.70. The number of hydrogen-bond donors (Lipinski definition) is 2. The van der Waals surface area contributed by atoms with E-state index in [0.29, 0.717) is 12.6 Å². The molecule has 0 bridgehead atoms. The van der Waals surface area contributed by atoms with Gasteiger partial charge in [-0.1, -0.05) is 6.42 Å². The topological polar surface area (TPSA) is 61.4 Å². The Balaban J connectivity index is 1.75. The number of rotatable bonds is 6. The van der Waals surface area contributed by atoms with Gasteiger partial charge in [0, 0.05) is 18.7 Å². The van der Waals surface area contributed by atoms with Crippen molar-refractivity contribution < 1.29 is 9.84 Å². The van der Waals surface area contributed by atoms with Crippen LogP contribution in [0, 0.1) is 0 Å². The van der Waals surface area contributed by atoms with Crippen LogP contribution in [0.15, 0.2) is 18.2 Å². The maximum absolute atomic E-state index is 9.23. The quantitative estimate of drug-likeness (QED) is 0.861. The van der Waals surface area contributed by atoms with Gasteiger partial charge in [-0.3, -0.25) is 4.90 Å². The van der Waals surface area contributed by atoms with Crippen molar-refractivity contribution in [2.75, 3.05) is 19.8 Å². The van der Waals surface area contributed by atoms with Crippen molar-refractivity contribution in [1.29, 1.82) is 0 Å². The van der Waals surface area contributed by atoms with Crippen molar-refractivity contribution in [3.05, 3.63) is 24.0 Å². The molecule has 1 aromatic heterocycles. The highest BCUT2D eigenvalue weighted by Crippen LogP contribution is 2.23. The third-order valence-corrected chi connectivity index (χ3v) is 4.38. The number of H-pyrrole nitrogens is 1. The second-order valence-electron chi connectivity index (χ2n) is 5.93. The molecule has 5 heteroatoms. The number of nitrogens with zero attached hydrogens (tertiary/aromatic N) is 2. The third kappa shape index (κ3) is 3.42. The van der Waals surface area contributed by atoms with Crippen molar-refractivity contribution in [2.24, 2.45) is 0 Å². The van der Waals surface area contributed by atoms with E-state index < -0.39 is 0 Å². The average molecular weight is 303 g/mol. The number of aromatic amines is 1. The van der Waals surface area contributed by atoms with Gasteiger partial charge < -0.3 is 14.8 Å². The number of aromatic nitrogens is 2. The Kier molecular flexibility index (Phi) is 4.95. The smallest absolute Gasteiger partial charge is 0.121 e. The highest BCUT2D eigenvalue weighted by atomic mass is 16.5. The maximum atomic E-state index is 9.23. The van der Waals surface area contributed by atoms with Crippen LogP contribution < -0.4 is 4.74 Å². The van der Waals surface area contributed by atoms with Gasteiger partial charge in [0.1, 0.15) is 11.6 Å². The summed E-state index contributed by atoms with van der Waals surface area (Å²) < 4.78 is 5.54. The number of imidazole rings is 1. The zero-order valence-corrected chi connectivity index (χ0v) is 13.2. The normalized spacial score (nSPS) is 19.6. The van der Waals surface area contributed by atoms with Gasteiger partial charge in [-0.2, -0.15) is 0 Å².